The van der Waals surface area contributed by atoms with Gasteiger partial charge in [-0.2, -0.15) is 0 Å². The molecule has 0 aromatic heterocycles. The third-order valence-corrected chi connectivity index (χ3v) is 5.49. The molecular weight excluding hydrogens is 408 g/mol. The molecule has 9 nitrogen and oxygen atoms in total. The second kappa shape index (κ2) is 9.97. The van der Waals surface area contributed by atoms with Crippen molar-refractivity contribution in [2.24, 2.45) is 11.7 Å². The molecule has 30 heavy (non-hydrogen) atoms. The second-order valence-corrected chi connectivity index (χ2v) is 8.49. The first-order chi connectivity index (χ1) is 14.1. The van der Waals surface area contributed by atoms with Gasteiger partial charge in [0.2, 0.25) is 5.91 Å². The van der Waals surface area contributed by atoms with Gasteiger partial charge < -0.3 is 21.1 Å². The molecule has 2 rings (SSSR count). The lowest BCUT2D eigenvalue weighted by Crippen LogP contribution is -2.49. The number of amides is 3. The highest BCUT2D eigenvalue weighted by molar-refractivity contribution is 7.92. The van der Waals surface area contributed by atoms with Gasteiger partial charge in [-0.3, -0.25) is 9.52 Å². The van der Waals surface area contributed by atoms with Crippen molar-refractivity contribution in [1.29, 1.82) is 0 Å². The summed E-state index contributed by atoms with van der Waals surface area (Å²) in [6, 6.07) is 10.6. The summed E-state index contributed by atoms with van der Waals surface area (Å²) < 4.78 is 33.0. The van der Waals surface area contributed by atoms with Gasteiger partial charge in [-0.25, -0.2) is 13.2 Å². The second-order valence-electron chi connectivity index (χ2n) is 6.81. The Bertz CT molecular complexity index is 973. The van der Waals surface area contributed by atoms with Gasteiger partial charge in [-0.1, -0.05) is 13.8 Å². The number of nitrogens with two attached hydrogens (primary N) is 1. The smallest absolute Gasteiger partial charge is 0.312 e. The van der Waals surface area contributed by atoms with Gasteiger partial charge in [0.05, 0.1) is 11.5 Å². The Balaban J connectivity index is 2.08. The van der Waals surface area contributed by atoms with Crippen LogP contribution in [0.4, 0.5) is 16.2 Å². The zero-order chi connectivity index (χ0) is 22.3. The van der Waals surface area contributed by atoms with Crippen molar-refractivity contribution in [3.63, 3.8) is 0 Å². The van der Waals surface area contributed by atoms with Crippen LogP contribution in [0.15, 0.2) is 53.4 Å². The molecule has 1 unspecified atom stereocenters. The van der Waals surface area contributed by atoms with E-state index in [9.17, 15) is 18.0 Å². The number of carbonyl (C=O) groups excluding carboxylic acids is 2. The van der Waals surface area contributed by atoms with Crippen LogP contribution < -0.4 is 25.8 Å². The first-order valence-electron chi connectivity index (χ1n) is 9.35. The number of anilines is 2. The summed E-state index contributed by atoms with van der Waals surface area (Å²) >= 11 is 0. The highest BCUT2D eigenvalue weighted by atomic mass is 32.2. The number of carbonyl (C=O) groups is 2. The van der Waals surface area contributed by atoms with E-state index in [2.05, 4.69) is 15.4 Å². The van der Waals surface area contributed by atoms with E-state index in [-0.39, 0.29) is 10.8 Å². The maximum Gasteiger partial charge on any atom is 0.312 e. The average molecular weight is 435 g/mol. The zero-order valence-corrected chi connectivity index (χ0v) is 17.8. The zero-order valence-electron chi connectivity index (χ0n) is 17.0. The van der Waals surface area contributed by atoms with E-state index in [0.29, 0.717) is 23.7 Å². The number of primary amides is 1. The van der Waals surface area contributed by atoms with Crippen molar-refractivity contribution in [3.05, 3.63) is 48.5 Å². The first kappa shape index (κ1) is 23.0. The summed E-state index contributed by atoms with van der Waals surface area (Å²) in [7, 11) is -3.81. The number of hydrogen-bond donors (Lipinski definition) is 4. The number of ether oxygens (including phenoxy) is 1. The van der Waals surface area contributed by atoms with Crippen molar-refractivity contribution in [3.8, 4) is 5.75 Å². The topological polar surface area (TPSA) is 140 Å². The summed E-state index contributed by atoms with van der Waals surface area (Å²) in [6.07, 6.45) is 0. The van der Waals surface area contributed by atoms with Crippen molar-refractivity contribution < 1.29 is 22.7 Å². The maximum absolute atomic E-state index is 12.6. The van der Waals surface area contributed by atoms with Crippen LogP contribution in [-0.2, 0) is 14.8 Å². The molecule has 1 atom stereocenters. The van der Waals surface area contributed by atoms with Crippen LogP contribution in [0.1, 0.15) is 20.8 Å². The Hall–Kier alpha value is -3.27. The predicted molar refractivity (Wildman–Crippen MR) is 115 cm³/mol. The third kappa shape index (κ3) is 6.38. The summed E-state index contributed by atoms with van der Waals surface area (Å²) in [4.78, 5) is 23.5. The van der Waals surface area contributed by atoms with E-state index >= 15 is 0 Å². The van der Waals surface area contributed by atoms with Crippen molar-refractivity contribution in [1.82, 2.24) is 5.32 Å². The number of hydrogen-bond acceptors (Lipinski definition) is 5. The Kier molecular flexibility index (Phi) is 7.65. The molecule has 10 heteroatoms. The number of nitrogens with one attached hydrogen (secondary N) is 3. The third-order valence-electron chi connectivity index (χ3n) is 4.10. The molecule has 0 aliphatic carbocycles. The van der Waals surface area contributed by atoms with Crippen molar-refractivity contribution in [2.45, 2.75) is 31.7 Å². The van der Waals surface area contributed by atoms with E-state index in [1.165, 1.54) is 24.3 Å². The Labute approximate surface area is 176 Å². The highest BCUT2D eigenvalue weighted by Crippen LogP contribution is 2.21. The normalized spacial score (nSPS) is 12.1. The van der Waals surface area contributed by atoms with Crippen LogP contribution in [0.2, 0.25) is 0 Å². The fraction of sp³-hybridized carbons (Fsp3) is 0.300. The molecule has 0 aliphatic rings. The molecule has 5 N–H and O–H groups in total. The molecular formula is C20H26N4O5S. The summed E-state index contributed by atoms with van der Waals surface area (Å²) in [6.45, 7) is 5.91. The van der Waals surface area contributed by atoms with E-state index in [0.717, 1.165) is 0 Å². The molecule has 0 heterocycles. The van der Waals surface area contributed by atoms with E-state index in [1.807, 2.05) is 6.92 Å². The Morgan fingerprint density at radius 1 is 1.00 bits per heavy atom. The molecule has 2 aromatic carbocycles. The maximum atomic E-state index is 12.6. The summed E-state index contributed by atoms with van der Waals surface area (Å²) in [5.41, 5.74) is 5.89. The molecule has 0 saturated heterocycles. The number of sulfonamides is 1. The molecule has 3 amide bonds. The SMILES string of the molecule is CCOc1ccc(NS(=O)(=O)c2ccc(NC(=O)C(NC(N)=O)C(C)C)cc2)cc1. The predicted octanol–water partition coefficient (Wildman–Crippen LogP) is 2.52. The van der Waals surface area contributed by atoms with Crippen LogP contribution in [0, 0.1) is 5.92 Å². The van der Waals surface area contributed by atoms with Gasteiger partial charge in [-0.15, -0.1) is 0 Å². The minimum absolute atomic E-state index is 0.0325. The number of urea groups is 1. The number of rotatable bonds is 9. The van der Waals surface area contributed by atoms with Crippen LogP contribution >= 0.6 is 0 Å². The molecule has 0 radical (unpaired) electrons. The molecule has 0 saturated carbocycles. The van der Waals surface area contributed by atoms with Gasteiger partial charge in [0.25, 0.3) is 10.0 Å². The standard InChI is InChI=1S/C20H26N4O5S/c1-4-29-16-9-5-15(6-10-16)24-30(27,28)17-11-7-14(8-12-17)22-19(25)18(13(2)3)23-20(21)26/h5-13,18,24H,4H2,1-3H3,(H,22,25)(H3,21,23,26). The fourth-order valence-electron chi connectivity index (χ4n) is 2.63. The van der Waals surface area contributed by atoms with Crippen LogP contribution in [0.3, 0.4) is 0 Å². The lowest BCUT2D eigenvalue weighted by atomic mass is 10.0. The van der Waals surface area contributed by atoms with E-state index < -0.39 is 28.0 Å². The van der Waals surface area contributed by atoms with Crippen LogP contribution in [0.5, 0.6) is 5.75 Å². The molecule has 2 aromatic rings. The molecule has 0 aliphatic heterocycles. The first-order valence-corrected chi connectivity index (χ1v) is 10.8. The minimum Gasteiger partial charge on any atom is -0.494 e. The quantitative estimate of drug-likeness (QED) is 0.480. The van der Waals surface area contributed by atoms with Gasteiger partial charge in [0, 0.05) is 11.4 Å². The average Bonchev–Trinajstić information content (AvgIpc) is 2.67. The van der Waals surface area contributed by atoms with Gasteiger partial charge >= 0.3 is 6.03 Å². The van der Waals surface area contributed by atoms with E-state index in [4.69, 9.17) is 10.5 Å². The Morgan fingerprint density at radius 3 is 2.07 bits per heavy atom. The van der Waals surface area contributed by atoms with Crippen LogP contribution in [-0.4, -0.2) is 33.0 Å². The summed E-state index contributed by atoms with van der Waals surface area (Å²) in [5.74, 6) is 0.00783. The van der Waals surface area contributed by atoms with Crippen LogP contribution in [0.25, 0.3) is 0 Å². The lowest BCUT2D eigenvalue weighted by Gasteiger charge is -2.20. The monoisotopic (exact) mass is 434 g/mol. The van der Waals surface area contributed by atoms with Gasteiger partial charge in [0.15, 0.2) is 0 Å². The highest BCUT2D eigenvalue weighted by Gasteiger charge is 2.23. The van der Waals surface area contributed by atoms with E-state index in [1.54, 1.807) is 38.1 Å². The number of benzene rings is 2. The molecule has 0 spiro atoms. The Morgan fingerprint density at radius 2 is 1.57 bits per heavy atom. The van der Waals surface area contributed by atoms with Crippen molar-refractivity contribution in [2.75, 3.05) is 16.6 Å². The lowest BCUT2D eigenvalue weighted by molar-refractivity contribution is -0.118. The molecule has 0 fully saturated rings. The minimum atomic E-state index is -3.81. The molecule has 162 valence electrons. The summed E-state index contributed by atoms with van der Waals surface area (Å²) in [5, 5.41) is 5.02. The largest absolute Gasteiger partial charge is 0.494 e. The van der Waals surface area contributed by atoms with Gasteiger partial charge in [0.1, 0.15) is 11.8 Å². The molecule has 0 bridgehead atoms. The van der Waals surface area contributed by atoms with Crippen molar-refractivity contribution >= 4 is 33.3 Å². The van der Waals surface area contributed by atoms with Gasteiger partial charge in [-0.05, 0) is 61.4 Å². The fourth-order valence-corrected chi connectivity index (χ4v) is 3.68.